The van der Waals surface area contributed by atoms with Crippen molar-refractivity contribution in [3.05, 3.63) is 35.1 Å². The van der Waals surface area contributed by atoms with Crippen LogP contribution >= 0.6 is 22.6 Å². The summed E-state index contributed by atoms with van der Waals surface area (Å²) >= 11 is 2.57. The smallest absolute Gasteiger partial charge is 0.123 e. The molecule has 0 N–H and O–H groups in total. The molecule has 3 aliphatic rings. The average molecular weight is 302 g/mol. The summed E-state index contributed by atoms with van der Waals surface area (Å²) in [6, 6.07) is 5.25. The van der Waals surface area contributed by atoms with Crippen LogP contribution < -0.4 is 0 Å². The van der Waals surface area contributed by atoms with E-state index < -0.39 is 0 Å². The molecule has 2 bridgehead atoms. The number of hydrogen-bond donors (Lipinski definition) is 0. The predicted molar refractivity (Wildman–Crippen MR) is 63.4 cm³/mol. The largest absolute Gasteiger partial charge is 0.207 e. The van der Waals surface area contributed by atoms with Gasteiger partial charge in [0.05, 0.1) is 0 Å². The first-order valence-corrected chi connectivity index (χ1v) is 6.07. The molecule has 1 aromatic carbocycles. The van der Waals surface area contributed by atoms with E-state index in [-0.39, 0.29) is 5.82 Å². The van der Waals surface area contributed by atoms with Crippen molar-refractivity contribution in [3.63, 3.8) is 0 Å². The maximum atomic E-state index is 12.9. The molecule has 0 heterocycles. The zero-order chi connectivity index (χ0) is 9.97. The van der Waals surface area contributed by atoms with Crippen molar-refractivity contribution in [1.82, 2.24) is 0 Å². The van der Waals surface area contributed by atoms with E-state index in [1.165, 1.54) is 24.8 Å². The van der Waals surface area contributed by atoms with Gasteiger partial charge in [-0.15, -0.1) is 0 Å². The van der Waals surface area contributed by atoms with Crippen LogP contribution in [-0.4, -0.2) is 3.42 Å². The third-order valence-corrected chi connectivity index (χ3v) is 4.87. The molecule has 0 unspecified atom stereocenters. The number of halogens is 2. The van der Waals surface area contributed by atoms with Gasteiger partial charge in [0.1, 0.15) is 5.82 Å². The Kier molecular flexibility index (Phi) is 1.64. The van der Waals surface area contributed by atoms with Gasteiger partial charge < -0.3 is 0 Å². The summed E-state index contributed by atoms with van der Waals surface area (Å²) in [4.78, 5) is 0. The van der Waals surface area contributed by atoms with Gasteiger partial charge in [-0.3, -0.25) is 0 Å². The molecule has 0 aliphatic heterocycles. The lowest BCUT2D eigenvalue weighted by molar-refractivity contribution is 0.0214. The second-order valence-corrected chi connectivity index (χ2v) is 7.21. The molecule has 2 heteroatoms. The first-order valence-electron chi connectivity index (χ1n) is 4.99. The summed E-state index contributed by atoms with van der Waals surface area (Å²) in [6.07, 6.45) is 3.90. The van der Waals surface area contributed by atoms with Crippen LogP contribution in [0.15, 0.2) is 18.2 Å². The highest BCUT2D eigenvalue weighted by atomic mass is 127. The zero-order valence-corrected chi connectivity index (χ0v) is 10.3. The molecule has 14 heavy (non-hydrogen) atoms. The molecule has 3 saturated carbocycles. The highest BCUT2D eigenvalue weighted by molar-refractivity contribution is 14.1. The van der Waals surface area contributed by atoms with Crippen molar-refractivity contribution in [1.29, 1.82) is 0 Å². The Labute approximate surface area is 97.0 Å². The second kappa shape index (κ2) is 2.52. The molecule has 4 rings (SSSR count). The lowest BCUT2D eigenvalue weighted by Gasteiger charge is -2.68. The van der Waals surface area contributed by atoms with Crippen molar-refractivity contribution in [2.45, 2.75) is 35.0 Å². The van der Waals surface area contributed by atoms with Gasteiger partial charge in [0, 0.05) is 3.42 Å². The molecule has 1 aromatic rings. The number of rotatable bonds is 1. The van der Waals surface area contributed by atoms with Crippen LogP contribution in [0.4, 0.5) is 4.39 Å². The summed E-state index contributed by atoms with van der Waals surface area (Å²) in [5.74, 6) is -0.109. The van der Waals surface area contributed by atoms with Gasteiger partial charge in [0.15, 0.2) is 0 Å². The summed E-state index contributed by atoms with van der Waals surface area (Å²) < 4.78 is 13.5. The quantitative estimate of drug-likeness (QED) is 0.547. The summed E-state index contributed by atoms with van der Waals surface area (Å²) in [5.41, 5.74) is 2.94. The molecule has 0 amide bonds. The monoisotopic (exact) mass is 302 g/mol. The predicted octanol–water partition coefficient (Wildman–Crippen LogP) is 3.74. The first kappa shape index (κ1) is 9.13. The van der Waals surface area contributed by atoms with E-state index in [0.717, 1.165) is 5.56 Å². The Morgan fingerprint density at radius 2 is 1.93 bits per heavy atom. The van der Waals surface area contributed by atoms with Crippen LogP contribution in [-0.2, 0) is 5.41 Å². The number of hydrogen-bond acceptors (Lipinski definition) is 0. The highest BCUT2D eigenvalue weighted by Crippen LogP contribution is 2.72. The SMILES string of the molecule is Cc1cc(F)ccc1C12CC(I)(C1)C2. The van der Waals surface area contributed by atoms with Gasteiger partial charge in [0.25, 0.3) is 0 Å². The van der Waals surface area contributed by atoms with Crippen molar-refractivity contribution < 1.29 is 4.39 Å². The van der Waals surface area contributed by atoms with E-state index in [4.69, 9.17) is 0 Å². The van der Waals surface area contributed by atoms with E-state index in [9.17, 15) is 4.39 Å². The molecule has 0 radical (unpaired) electrons. The molecular formula is C12H12FI. The van der Waals surface area contributed by atoms with Gasteiger partial charge in [0.2, 0.25) is 0 Å². The lowest BCUT2D eigenvalue weighted by Crippen LogP contribution is -2.66. The first-order chi connectivity index (χ1) is 6.53. The second-order valence-electron chi connectivity index (χ2n) is 4.92. The molecule has 3 fully saturated rings. The summed E-state index contributed by atoms with van der Waals surface area (Å²) in [7, 11) is 0. The lowest BCUT2D eigenvalue weighted by atomic mass is 9.42. The van der Waals surface area contributed by atoms with Crippen LogP contribution in [0.25, 0.3) is 0 Å². The molecule has 0 aromatic heterocycles. The van der Waals surface area contributed by atoms with Gasteiger partial charge in [-0.05, 0) is 54.9 Å². The molecular weight excluding hydrogens is 290 g/mol. The van der Waals surface area contributed by atoms with E-state index in [1.54, 1.807) is 12.1 Å². The Bertz CT molecular complexity index is 391. The zero-order valence-electron chi connectivity index (χ0n) is 8.11. The fraction of sp³-hybridized carbons (Fsp3) is 0.500. The maximum Gasteiger partial charge on any atom is 0.123 e. The Morgan fingerprint density at radius 3 is 2.43 bits per heavy atom. The molecule has 0 spiro atoms. The minimum atomic E-state index is -0.109. The van der Waals surface area contributed by atoms with Crippen LogP contribution in [0.1, 0.15) is 30.4 Å². The molecule has 0 nitrogen and oxygen atoms in total. The van der Waals surface area contributed by atoms with Crippen molar-refractivity contribution in [3.8, 4) is 0 Å². The Hall–Kier alpha value is -0.120. The Balaban J connectivity index is 1.99. The molecule has 74 valence electrons. The van der Waals surface area contributed by atoms with Gasteiger partial charge in [-0.2, -0.15) is 0 Å². The van der Waals surface area contributed by atoms with E-state index in [1.807, 2.05) is 13.0 Å². The van der Waals surface area contributed by atoms with E-state index in [0.29, 0.717) is 8.84 Å². The topological polar surface area (TPSA) is 0 Å². The van der Waals surface area contributed by atoms with Crippen molar-refractivity contribution >= 4 is 22.6 Å². The average Bonchev–Trinajstić information content (AvgIpc) is 1.98. The van der Waals surface area contributed by atoms with Crippen LogP contribution in [0, 0.1) is 12.7 Å². The third-order valence-electron chi connectivity index (χ3n) is 3.73. The third kappa shape index (κ3) is 1.03. The number of aryl methyl sites for hydroxylation is 1. The van der Waals surface area contributed by atoms with Crippen molar-refractivity contribution in [2.75, 3.05) is 0 Å². The fourth-order valence-corrected chi connectivity index (χ4v) is 5.36. The van der Waals surface area contributed by atoms with Gasteiger partial charge in [-0.25, -0.2) is 4.39 Å². The van der Waals surface area contributed by atoms with Crippen LogP contribution in [0.2, 0.25) is 0 Å². The standard InChI is InChI=1S/C12H12FI/c1-8-4-9(13)2-3-10(8)11-5-12(14,6-11)7-11/h2-4H,5-7H2,1H3. The fourth-order valence-electron chi connectivity index (χ4n) is 3.17. The van der Waals surface area contributed by atoms with E-state index >= 15 is 0 Å². The highest BCUT2D eigenvalue weighted by Gasteiger charge is 2.67. The van der Waals surface area contributed by atoms with Crippen LogP contribution in [0.5, 0.6) is 0 Å². The summed E-state index contributed by atoms with van der Waals surface area (Å²) in [5, 5.41) is 0. The maximum absolute atomic E-state index is 12.9. The Morgan fingerprint density at radius 1 is 1.29 bits per heavy atom. The molecule has 0 atom stereocenters. The minimum absolute atomic E-state index is 0.109. The van der Waals surface area contributed by atoms with Gasteiger partial charge in [-0.1, -0.05) is 28.7 Å². The number of alkyl halides is 1. The summed E-state index contributed by atoms with van der Waals surface area (Å²) in [6.45, 7) is 2.03. The molecule has 3 aliphatic carbocycles. The van der Waals surface area contributed by atoms with E-state index in [2.05, 4.69) is 22.6 Å². The minimum Gasteiger partial charge on any atom is -0.207 e. The number of benzene rings is 1. The van der Waals surface area contributed by atoms with Crippen LogP contribution in [0.3, 0.4) is 0 Å². The van der Waals surface area contributed by atoms with Crippen molar-refractivity contribution in [2.24, 2.45) is 0 Å². The normalized spacial score (nSPS) is 38.8. The molecule has 0 saturated heterocycles. The van der Waals surface area contributed by atoms with Gasteiger partial charge >= 0.3 is 0 Å².